The summed E-state index contributed by atoms with van der Waals surface area (Å²) in [6.45, 7) is 3.03. The molecule has 6 nitrogen and oxygen atoms in total. The third-order valence-electron chi connectivity index (χ3n) is 5.31. The first kappa shape index (κ1) is 24.6. The summed E-state index contributed by atoms with van der Waals surface area (Å²) in [7, 11) is 3.53. The molecule has 0 unspecified atom stereocenters. The van der Waals surface area contributed by atoms with Crippen molar-refractivity contribution in [3.8, 4) is 0 Å². The zero-order valence-corrected chi connectivity index (χ0v) is 18.7. The minimum Gasteiger partial charge on any atom is -0.384 e. The Labute approximate surface area is 185 Å². The molecule has 0 atom stereocenters. The number of carbonyl (C=O) groups is 2. The number of amides is 2. The predicted octanol–water partition coefficient (Wildman–Crippen LogP) is 2.84. The summed E-state index contributed by atoms with van der Waals surface area (Å²) >= 11 is 0. The van der Waals surface area contributed by atoms with Crippen LogP contribution in [0.15, 0.2) is 60.7 Å². The van der Waals surface area contributed by atoms with Crippen molar-refractivity contribution >= 4 is 11.8 Å². The molecular weight excluding hydrogens is 390 g/mol. The smallest absolute Gasteiger partial charge is 0.233 e. The van der Waals surface area contributed by atoms with Crippen molar-refractivity contribution in [2.45, 2.75) is 31.8 Å². The normalized spacial score (nSPS) is 13.1. The van der Waals surface area contributed by atoms with Crippen molar-refractivity contribution in [2.75, 3.05) is 40.3 Å². The molecule has 1 saturated heterocycles. The first-order valence-corrected chi connectivity index (χ1v) is 11.0. The first-order chi connectivity index (χ1) is 15.0. The Morgan fingerprint density at radius 2 is 1.52 bits per heavy atom. The third kappa shape index (κ3) is 8.90. The number of carbonyl (C=O) groups excluding carboxylic acids is 2. The molecule has 31 heavy (non-hydrogen) atoms. The van der Waals surface area contributed by atoms with Gasteiger partial charge in [0.15, 0.2) is 0 Å². The van der Waals surface area contributed by atoms with E-state index < -0.39 is 6.10 Å². The van der Waals surface area contributed by atoms with Gasteiger partial charge in [-0.3, -0.25) is 14.5 Å². The number of hydrogen-bond acceptors (Lipinski definition) is 4. The summed E-state index contributed by atoms with van der Waals surface area (Å²) in [5, 5.41) is 12.6. The molecular formula is C25H35N3O3. The van der Waals surface area contributed by atoms with Crippen LogP contribution in [0.3, 0.4) is 0 Å². The maximum absolute atomic E-state index is 11.7. The predicted molar refractivity (Wildman–Crippen MR) is 124 cm³/mol. The molecule has 2 amide bonds. The van der Waals surface area contributed by atoms with E-state index in [2.05, 4.69) is 5.32 Å². The van der Waals surface area contributed by atoms with Gasteiger partial charge in [0.2, 0.25) is 11.8 Å². The van der Waals surface area contributed by atoms with Crippen molar-refractivity contribution in [2.24, 2.45) is 0 Å². The van der Waals surface area contributed by atoms with Crippen LogP contribution in [0.1, 0.15) is 42.9 Å². The molecule has 0 aliphatic carbocycles. The van der Waals surface area contributed by atoms with E-state index in [1.54, 1.807) is 7.05 Å². The zero-order chi connectivity index (χ0) is 22.5. The number of benzene rings is 2. The lowest BCUT2D eigenvalue weighted by Crippen LogP contribution is -2.34. The van der Waals surface area contributed by atoms with Crippen LogP contribution in [0.25, 0.3) is 0 Å². The van der Waals surface area contributed by atoms with Crippen LogP contribution in [0.5, 0.6) is 0 Å². The van der Waals surface area contributed by atoms with Crippen molar-refractivity contribution in [3.63, 3.8) is 0 Å². The summed E-state index contributed by atoms with van der Waals surface area (Å²) in [5.74, 6) is 0.272. The molecule has 0 radical (unpaired) electrons. The number of hydrogen-bond donors (Lipinski definition) is 2. The number of likely N-dealkylation sites (N-methyl/N-ethyl adjacent to an activating group) is 2. The van der Waals surface area contributed by atoms with Gasteiger partial charge in [-0.15, -0.1) is 0 Å². The van der Waals surface area contributed by atoms with Gasteiger partial charge in [-0.25, -0.2) is 0 Å². The maximum Gasteiger partial charge on any atom is 0.233 e. The lowest BCUT2D eigenvalue weighted by molar-refractivity contribution is -0.130. The molecule has 6 heteroatoms. The van der Waals surface area contributed by atoms with Crippen LogP contribution < -0.4 is 5.32 Å². The van der Waals surface area contributed by atoms with Gasteiger partial charge < -0.3 is 15.3 Å². The van der Waals surface area contributed by atoms with Gasteiger partial charge in [-0.1, -0.05) is 60.7 Å². The van der Waals surface area contributed by atoms with Crippen LogP contribution in [0.4, 0.5) is 0 Å². The Hall–Kier alpha value is -2.70. The second-order valence-electron chi connectivity index (χ2n) is 7.83. The highest BCUT2D eigenvalue weighted by molar-refractivity contribution is 5.77. The first-order valence-electron chi connectivity index (χ1n) is 11.0. The lowest BCUT2D eigenvalue weighted by atomic mass is 10.0. The van der Waals surface area contributed by atoms with Crippen LogP contribution in [-0.4, -0.2) is 67.0 Å². The number of aliphatic hydroxyl groups excluding tert-OH is 1. The largest absolute Gasteiger partial charge is 0.384 e. The summed E-state index contributed by atoms with van der Waals surface area (Å²) in [6, 6.07) is 19.3. The summed E-state index contributed by atoms with van der Waals surface area (Å²) in [5.41, 5.74) is 1.86. The summed E-state index contributed by atoms with van der Waals surface area (Å²) < 4.78 is 0. The minimum absolute atomic E-state index is 0.0124. The number of aliphatic hydroxyl groups is 1. The zero-order valence-electron chi connectivity index (χ0n) is 18.7. The standard InChI is InChI=1S/C13H12O.C12H23N3O2/c14-13(11-7-3-1-4-8-11)12-9-5-2-6-10-12;1-13-11(16)10-14(2)7-5-6-12(17)15-8-3-4-9-15/h1-10,13-14H;3-10H2,1-2H3,(H,13,16). The van der Waals surface area contributed by atoms with E-state index in [0.29, 0.717) is 13.0 Å². The molecule has 1 heterocycles. The van der Waals surface area contributed by atoms with Gasteiger partial charge in [0.05, 0.1) is 6.54 Å². The van der Waals surface area contributed by atoms with E-state index in [4.69, 9.17) is 0 Å². The minimum atomic E-state index is -0.516. The molecule has 0 aromatic heterocycles. The molecule has 168 valence electrons. The van der Waals surface area contributed by atoms with Crippen LogP contribution in [0.2, 0.25) is 0 Å². The average Bonchev–Trinajstić information content (AvgIpc) is 3.35. The molecule has 2 N–H and O–H groups in total. The number of rotatable bonds is 8. The maximum atomic E-state index is 11.7. The average molecular weight is 426 g/mol. The Morgan fingerprint density at radius 3 is 2.00 bits per heavy atom. The molecule has 1 aliphatic heterocycles. The molecule has 2 aromatic carbocycles. The Kier molecular flexibility index (Phi) is 10.8. The number of nitrogens with zero attached hydrogens (tertiary/aromatic N) is 2. The Morgan fingerprint density at radius 1 is 1.00 bits per heavy atom. The topological polar surface area (TPSA) is 72.9 Å². The van der Waals surface area contributed by atoms with Gasteiger partial charge in [0.1, 0.15) is 6.10 Å². The molecule has 2 aromatic rings. The molecule has 1 fully saturated rings. The lowest BCUT2D eigenvalue weighted by Gasteiger charge is -2.17. The highest BCUT2D eigenvalue weighted by Crippen LogP contribution is 2.20. The van der Waals surface area contributed by atoms with Crippen molar-refractivity contribution < 1.29 is 14.7 Å². The molecule has 3 rings (SSSR count). The number of nitrogens with one attached hydrogen (secondary N) is 1. The highest BCUT2D eigenvalue weighted by atomic mass is 16.3. The Bertz CT molecular complexity index is 738. The van der Waals surface area contributed by atoms with Gasteiger partial charge in [-0.2, -0.15) is 0 Å². The summed E-state index contributed by atoms with van der Waals surface area (Å²) in [4.78, 5) is 26.7. The SMILES string of the molecule is CNC(=O)CN(C)CCCC(=O)N1CCCC1.OC(c1ccccc1)c1ccccc1. The fourth-order valence-electron chi connectivity index (χ4n) is 3.49. The van der Waals surface area contributed by atoms with Gasteiger partial charge in [0.25, 0.3) is 0 Å². The van der Waals surface area contributed by atoms with E-state index >= 15 is 0 Å². The highest BCUT2D eigenvalue weighted by Gasteiger charge is 2.17. The molecule has 1 aliphatic rings. The van der Waals surface area contributed by atoms with Gasteiger partial charge >= 0.3 is 0 Å². The second-order valence-corrected chi connectivity index (χ2v) is 7.83. The van der Waals surface area contributed by atoms with E-state index in [1.165, 1.54) is 0 Å². The molecule has 0 spiro atoms. The fraction of sp³-hybridized carbons (Fsp3) is 0.440. The van der Waals surface area contributed by atoms with Crippen LogP contribution in [0, 0.1) is 0 Å². The van der Waals surface area contributed by atoms with Crippen molar-refractivity contribution in [1.29, 1.82) is 0 Å². The quantitative estimate of drug-likeness (QED) is 0.682. The summed E-state index contributed by atoms with van der Waals surface area (Å²) in [6.07, 6.45) is 3.18. The third-order valence-corrected chi connectivity index (χ3v) is 5.31. The second kappa shape index (κ2) is 13.6. The van der Waals surface area contributed by atoms with Crippen molar-refractivity contribution in [1.82, 2.24) is 15.1 Å². The molecule has 0 bridgehead atoms. The van der Waals surface area contributed by atoms with Crippen LogP contribution >= 0.6 is 0 Å². The van der Waals surface area contributed by atoms with E-state index in [0.717, 1.165) is 50.0 Å². The van der Waals surface area contributed by atoms with E-state index in [1.807, 2.05) is 77.5 Å². The van der Waals surface area contributed by atoms with Crippen molar-refractivity contribution in [3.05, 3.63) is 71.8 Å². The van der Waals surface area contributed by atoms with E-state index in [9.17, 15) is 14.7 Å². The fourth-order valence-corrected chi connectivity index (χ4v) is 3.49. The van der Waals surface area contributed by atoms with Gasteiger partial charge in [0, 0.05) is 26.6 Å². The number of likely N-dealkylation sites (tertiary alicyclic amines) is 1. The van der Waals surface area contributed by atoms with Crippen LogP contribution in [-0.2, 0) is 9.59 Å². The monoisotopic (exact) mass is 425 g/mol. The Balaban J connectivity index is 0.000000224. The van der Waals surface area contributed by atoms with E-state index in [-0.39, 0.29) is 11.8 Å². The molecule has 0 saturated carbocycles. The van der Waals surface area contributed by atoms with Gasteiger partial charge in [-0.05, 0) is 44.0 Å².